The number of aliphatic hydroxyl groups is 1. The lowest BCUT2D eigenvalue weighted by Gasteiger charge is -2.34. The van der Waals surface area contributed by atoms with Gasteiger partial charge in [0.05, 0.1) is 12.2 Å². The molecule has 1 amide bonds. The lowest BCUT2D eigenvalue weighted by Crippen LogP contribution is -2.49. The van der Waals surface area contributed by atoms with Gasteiger partial charge in [-0.1, -0.05) is 0 Å². The van der Waals surface area contributed by atoms with Gasteiger partial charge in [-0.25, -0.2) is 0 Å². The van der Waals surface area contributed by atoms with Crippen molar-refractivity contribution in [2.45, 2.75) is 25.7 Å². The number of fused-ring (bicyclic) bond motifs is 1. The minimum Gasteiger partial charge on any atom is -0.395 e. The zero-order valence-corrected chi connectivity index (χ0v) is 12.6. The Bertz CT molecular complexity index is 478. The van der Waals surface area contributed by atoms with Gasteiger partial charge in [-0.05, 0) is 31.2 Å². The van der Waals surface area contributed by atoms with Crippen LogP contribution in [0.1, 0.15) is 33.6 Å². The fraction of sp³-hybridized carbons (Fsp3) is 0.667. The molecule has 1 saturated heterocycles. The number of carbonyl (C=O) groups excluding carboxylic acids is 1. The summed E-state index contributed by atoms with van der Waals surface area (Å²) in [5, 5.41) is 11.0. The first-order valence-electron chi connectivity index (χ1n) is 7.51. The minimum absolute atomic E-state index is 0.200. The van der Waals surface area contributed by atoms with Crippen molar-refractivity contribution in [2.75, 3.05) is 39.3 Å². The Hall–Kier alpha value is -0.910. The van der Waals surface area contributed by atoms with E-state index >= 15 is 0 Å². The average molecular weight is 294 g/mol. The van der Waals surface area contributed by atoms with E-state index in [4.69, 9.17) is 5.11 Å². The quantitative estimate of drug-likeness (QED) is 0.916. The molecule has 1 aromatic heterocycles. The lowest BCUT2D eigenvalue weighted by atomic mass is 9.95. The van der Waals surface area contributed by atoms with Crippen LogP contribution in [0.4, 0.5) is 0 Å². The highest BCUT2D eigenvalue weighted by Crippen LogP contribution is 2.31. The van der Waals surface area contributed by atoms with Crippen LogP contribution < -0.4 is 0 Å². The molecule has 0 saturated carbocycles. The first-order valence-corrected chi connectivity index (χ1v) is 8.39. The van der Waals surface area contributed by atoms with Crippen LogP contribution in [0, 0.1) is 0 Å². The van der Waals surface area contributed by atoms with Crippen LogP contribution in [0.15, 0.2) is 5.38 Å². The number of piperazine rings is 1. The summed E-state index contributed by atoms with van der Waals surface area (Å²) in [5.74, 6) is 0.216. The number of hydrogen-bond acceptors (Lipinski definition) is 4. The average Bonchev–Trinajstić information content (AvgIpc) is 2.92. The summed E-state index contributed by atoms with van der Waals surface area (Å²) in [4.78, 5) is 18.3. The number of aryl methyl sites for hydroxylation is 1. The topological polar surface area (TPSA) is 43.8 Å². The summed E-state index contributed by atoms with van der Waals surface area (Å²) < 4.78 is 0. The monoisotopic (exact) mass is 294 g/mol. The van der Waals surface area contributed by atoms with Gasteiger partial charge in [-0.3, -0.25) is 9.69 Å². The van der Waals surface area contributed by atoms with E-state index < -0.39 is 0 Å². The van der Waals surface area contributed by atoms with Gasteiger partial charge in [0.15, 0.2) is 0 Å². The standard InChI is InChI=1S/C15H22N2O2S/c18-10-9-16-5-7-17(8-6-16)15(19)13-11-20-14-4-2-1-3-12(13)14/h11,18H,1-10H2. The van der Waals surface area contributed by atoms with Crippen LogP contribution in [0.5, 0.6) is 0 Å². The van der Waals surface area contributed by atoms with E-state index in [2.05, 4.69) is 10.3 Å². The predicted molar refractivity (Wildman–Crippen MR) is 80.4 cm³/mol. The third-order valence-corrected chi connectivity index (χ3v) is 5.46. The van der Waals surface area contributed by atoms with Gasteiger partial charge in [-0.15, -0.1) is 11.3 Å². The van der Waals surface area contributed by atoms with Gasteiger partial charge in [0.25, 0.3) is 5.91 Å². The second-order valence-electron chi connectivity index (χ2n) is 5.62. The van der Waals surface area contributed by atoms with Crippen LogP contribution >= 0.6 is 11.3 Å². The Balaban J connectivity index is 1.66. The molecule has 20 heavy (non-hydrogen) atoms. The van der Waals surface area contributed by atoms with Gasteiger partial charge < -0.3 is 10.0 Å². The third-order valence-electron chi connectivity index (χ3n) is 4.37. The molecule has 110 valence electrons. The molecule has 0 unspecified atom stereocenters. The van der Waals surface area contributed by atoms with Gasteiger partial charge in [-0.2, -0.15) is 0 Å². The zero-order valence-electron chi connectivity index (χ0n) is 11.8. The van der Waals surface area contributed by atoms with Gasteiger partial charge in [0, 0.05) is 43.0 Å². The fourth-order valence-corrected chi connectivity index (χ4v) is 4.28. The van der Waals surface area contributed by atoms with Crippen LogP contribution in [0.2, 0.25) is 0 Å². The van der Waals surface area contributed by atoms with E-state index in [1.807, 2.05) is 4.90 Å². The third kappa shape index (κ3) is 2.75. The first-order chi connectivity index (χ1) is 9.79. The van der Waals surface area contributed by atoms with E-state index in [0.717, 1.165) is 51.1 Å². The van der Waals surface area contributed by atoms with Gasteiger partial charge >= 0.3 is 0 Å². The molecular weight excluding hydrogens is 272 g/mol. The Morgan fingerprint density at radius 3 is 2.70 bits per heavy atom. The predicted octanol–water partition coefficient (Wildman–Crippen LogP) is 1.38. The summed E-state index contributed by atoms with van der Waals surface area (Å²) in [5.41, 5.74) is 2.28. The number of carbonyl (C=O) groups is 1. The van der Waals surface area contributed by atoms with Crippen molar-refractivity contribution in [1.29, 1.82) is 0 Å². The van der Waals surface area contributed by atoms with Crippen LogP contribution in [-0.2, 0) is 12.8 Å². The number of β-amino-alcohol motifs (C(OH)–C–C–N with tert-alkyl or cyclic N) is 1. The van der Waals surface area contributed by atoms with Crippen molar-refractivity contribution >= 4 is 17.2 Å². The Morgan fingerprint density at radius 1 is 1.20 bits per heavy atom. The van der Waals surface area contributed by atoms with Crippen LogP contribution in [0.3, 0.4) is 0 Å². The van der Waals surface area contributed by atoms with E-state index in [1.54, 1.807) is 11.3 Å². The first kappa shape index (κ1) is 14.0. The summed E-state index contributed by atoms with van der Waals surface area (Å²) >= 11 is 1.76. The van der Waals surface area contributed by atoms with Gasteiger partial charge in [0.2, 0.25) is 0 Å². The molecule has 0 radical (unpaired) electrons. The molecule has 1 aliphatic carbocycles. The van der Waals surface area contributed by atoms with E-state index in [9.17, 15) is 4.79 Å². The zero-order chi connectivity index (χ0) is 13.9. The molecule has 2 heterocycles. The number of rotatable bonds is 3. The van der Waals surface area contributed by atoms with Crippen molar-refractivity contribution < 1.29 is 9.90 Å². The molecule has 1 N–H and O–H groups in total. The second-order valence-corrected chi connectivity index (χ2v) is 6.58. The second kappa shape index (κ2) is 6.24. The highest BCUT2D eigenvalue weighted by molar-refractivity contribution is 7.10. The van der Waals surface area contributed by atoms with Crippen molar-refractivity contribution in [3.63, 3.8) is 0 Å². The van der Waals surface area contributed by atoms with E-state index in [1.165, 1.54) is 23.3 Å². The van der Waals surface area contributed by atoms with Gasteiger partial charge in [0.1, 0.15) is 0 Å². The maximum Gasteiger partial charge on any atom is 0.255 e. The molecule has 0 atom stereocenters. The molecular formula is C15H22N2O2S. The molecule has 0 bridgehead atoms. The summed E-state index contributed by atoms with van der Waals surface area (Å²) in [6, 6.07) is 0. The van der Waals surface area contributed by atoms with Crippen molar-refractivity contribution in [3.8, 4) is 0 Å². The van der Waals surface area contributed by atoms with Crippen molar-refractivity contribution in [2.24, 2.45) is 0 Å². The maximum absolute atomic E-state index is 12.7. The number of thiophene rings is 1. The number of nitrogens with zero attached hydrogens (tertiary/aromatic N) is 2. The molecule has 1 aromatic rings. The molecule has 5 heteroatoms. The smallest absolute Gasteiger partial charge is 0.255 e. The molecule has 0 aromatic carbocycles. The molecule has 0 spiro atoms. The van der Waals surface area contributed by atoms with Crippen LogP contribution in [-0.4, -0.2) is 60.1 Å². The summed E-state index contributed by atoms with van der Waals surface area (Å²) in [6.45, 7) is 4.23. The van der Waals surface area contributed by atoms with Crippen molar-refractivity contribution in [3.05, 3.63) is 21.4 Å². The molecule has 4 nitrogen and oxygen atoms in total. The molecule has 1 fully saturated rings. The minimum atomic E-state index is 0.200. The molecule has 1 aliphatic heterocycles. The highest BCUT2D eigenvalue weighted by atomic mass is 32.1. The summed E-state index contributed by atoms with van der Waals surface area (Å²) in [6.07, 6.45) is 4.71. The summed E-state index contributed by atoms with van der Waals surface area (Å²) in [7, 11) is 0. The van der Waals surface area contributed by atoms with E-state index in [0.29, 0.717) is 0 Å². The Morgan fingerprint density at radius 2 is 1.95 bits per heavy atom. The number of hydrogen-bond donors (Lipinski definition) is 1. The normalized spacial score (nSPS) is 19.9. The largest absolute Gasteiger partial charge is 0.395 e. The molecule has 3 rings (SSSR count). The maximum atomic E-state index is 12.7. The van der Waals surface area contributed by atoms with E-state index in [-0.39, 0.29) is 12.5 Å². The van der Waals surface area contributed by atoms with Crippen molar-refractivity contribution in [1.82, 2.24) is 9.80 Å². The fourth-order valence-electron chi connectivity index (χ4n) is 3.16. The number of amides is 1. The molecule has 2 aliphatic rings. The highest BCUT2D eigenvalue weighted by Gasteiger charge is 2.26. The Kier molecular flexibility index (Phi) is 4.38. The van der Waals surface area contributed by atoms with Crippen LogP contribution in [0.25, 0.3) is 0 Å². The SMILES string of the molecule is O=C(c1csc2c1CCCC2)N1CCN(CCO)CC1. The lowest BCUT2D eigenvalue weighted by molar-refractivity contribution is 0.0614. The number of aliphatic hydroxyl groups excluding tert-OH is 1. The Labute approximate surface area is 124 Å².